The molecule has 0 fully saturated rings. The van der Waals surface area contributed by atoms with Crippen molar-refractivity contribution in [3.63, 3.8) is 0 Å². The maximum atomic E-state index is 2.46. The third-order valence-corrected chi connectivity index (χ3v) is 11.7. The first-order chi connectivity index (χ1) is 25.3. The molecular weight excluding hydrogens is 635 g/mol. The highest BCUT2D eigenvalue weighted by molar-refractivity contribution is 7.25. The second-order valence-corrected chi connectivity index (χ2v) is 14.3. The molecule has 0 unspecified atom stereocenters. The van der Waals surface area contributed by atoms with E-state index in [1.807, 2.05) is 11.3 Å². The van der Waals surface area contributed by atoms with Gasteiger partial charge in [-0.2, -0.15) is 0 Å². The van der Waals surface area contributed by atoms with Gasteiger partial charge in [0.05, 0.1) is 11.1 Å². The number of nitrogens with zero attached hydrogens (tertiary/aromatic N) is 1. The number of hydrogen-bond donors (Lipinski definition) is 0. The minimum absolute atomic E-state index is 0.408. The molecule has 0 atom stereocenters. The molecule has 0 bridgehead atoms. The number of rotatable bonds is 6. The van der Waals surface area contributed by atoms with E-state index in [1.54, 1.807) is 0 Å². The van der Waals surface area contributed by atoms with Gasteiger partial charge in [-0.1, -0.05) is 158 Å². The molecule has 0 aliphatic heterocycles. The Balaban J connectivity index is 1.17. The van der Waals surface area contributed by atoms with Crippen LogP contribution in [0.15, 0.2) is 200 Å². The number of thiophene rings is 1. The van der Waals surface area contributed by atoms with Crippen LogP contribution in [0.25, 0.3) is 42.4 Å². The van der Waals surface area contributed by atoms with E-state index in [0.717, 1.165) is 17.1 Å². The van der Waals surface area contributed by atoms with Crippen LogP contribution >= 0.6 is 11.3 Å². The summed E-state index contributed by atoms with van der Waals surface area (Å²) in [5.41, 5.74) is 13.3. The molecule has 0 saturated carbocycles. The zero-order valence-corrected chi connectivity index (χ0v) is 28.7. The van der Waals surface area contributed by atoms with Crippen molar-refractivity contribution >= 4 is 48.6 Å². The lowest BCUT2D eigenvalue weighted by atomic mass is 9.67. The van der Waals surface area contributed by atoms with Crippen LogP contribution in [0.4, 0.5) is 17.1 Å². The van der Waals surface area contributed by atoms with Crippen LogP contribution in [0.2, 0.25) is 0 Å². The number of anilines is 3. The molecule has 2 heteroatoms. The maximum Gasteiger partial charge on any atom is 0.0714 e. The predicted molar refractivity (Wildman–Crippen MR) is 217 cm³/mol. The van der Waals surface area contributed by atoms with Crippen LogP contribution in [0, 0.1) is 0 Å². The van der Waals surface area contributed by atoms with Crippen molar-refractivity contribution < 1.29 is 0 Å². The average molecular weight is 668 g/mol. The first-order valence-corrected chi connectivity index (χ1v) is 18.3. The summed E-state index contributed by atoms with van der Waals surface area (Å²) in [5.74, 6) is 0. The number of benzene rings is 8. The van der Waals surface area contributed by atoms with E-state index in [1.165, 1.54) is 64.7 Å². The van der Waals surface area contributed by atoms with E-state index in [0.29, 0.717) is 0 Å². The van der Waals surface area contributed by atoms with Gasteiger partial charge in [0.25, 0.3) is 0 Å². The summed E-state index contributed by atoms with van der Waals surface area (Å²) < 4.78 is 2.59. The van der Waals surface area contributed by atoms with Gasteiger partial charge in [-0.3, -0.25) is 0 Å². The molecule has 1 aromatic heterocycles. The summed E-state index contributed by atoms with van der Waals surface area (Å²) in [4.78, 5) is 2.40. The summed E-state index contributed by atoms with van der Waals surface area (Å²) in [7, 11) is 0. The molecule has 0 radical (unpaired) electrons. The molecule has 0 amide bonds. The SMILES string of the molecule is c1ccc(-c2ccccc2N(c2ccccc2)c2ccc3sc4cc(C5(c6ccccc6)c6ccccc6-c6ccccc65)ccc4c3c2)cc1. The van der Waals surface area contributed by atoms with Gasteiger partial charge in [0.2, 0.25) is 0 Å². The molecule has 240 valence electrons. The molecule has 9 aromatic rings. The summed E-state index contributed by atoms with van der Waals surface area (Å²) in [6, 6.07) is 73.3. The first-order valence-electron chi connectivity index (χ1n) is 17.5. The summed E-state index contributed by atoms with van der Waals surface area (Å²) in [6.45, 7) is 0. The fourth-order valence-electron chi connectivity index (χ4n) is 8.38. The van der Waals surface area contributed by atoms with Gasteiger partial charge in [-0.15, -0.1) is 11.3 Å². The Kier molecular flexibility index (Phi) is 6.97. The molecule has 1 aliphatic carbocycles. The normalized spacial score (nSPS) is 12.9. The lowest BCUT2D eigenvalue weighted by Gasteiger charge is -2.33. The molecule has 51 heavy (non-hydrogen) atoms. The van der Waals surface area contributed by atoms with Gasteiger partial charge in [0.15, 0.2) is 0 Å². The second-order valence-electron chi connectivity index (χ2n) is 13.3. The molecular formula is C49H33NS. The molecule has 0 spiro atoms. The van der Waals surface area contributed by atoms with Gasteiger partial charge in [-0.05, 0) is 81.4 Å². The van der Waals surface area contributed by atoms with Crippen molar-refractivity contribution in [2.45, 2.75) is 5.41 Å². The molecule has 0 N–H and O–H groups in total. The van der Waals surface area contributed by atoms with Crippen molar-refractivity contribution in [3.05, 3.63) is 222 Å². The van der Waals surface area contributed by atoms with E-state index in [2.05, 4.69) is 205 Å². The van der Waals surface area contributed by atoms with Crippen LogP contribution in [0.3, 0.4) is 0 Å². The lowest BCUT2D eigenvalue weighted by molar-refractivity contribution is 0.770. The Morgan fingerprint density at radius 2 is 0.961 bits per heavy atom. The summed E-state index contributed by atoms with van der Waals surface area (Å²) in [5, 5.41) is 2.56. The molecule has 10 rings (SSSR count). The highest BCUT2D eigenvalue weighted by Gasteiger charge is 2.45. The Morgan fingerprint density at radius 3 is 1.67 bits per heavy atom. The Morgan fingerprint density at radius 1 is 0.373 bits per heavy atom. The maximum absolute atomic E-state index is 2.46. The average Bonchev–Trinajstić information content (AvgIpc) is 3.72. The highest BCUT2D eigenvalue weighted by atomic mass is 32.1. The van der Waals surface area contributed by atoms with Crippen LogP contribution in [-0.2, 0) is 5.41 Å². The quantitative estimate of drug-likeness (QED) is 0.171. The number of hydrogen-bond acceptors (Lipinski definition) is 2. The smallest absolute Gasteiger partial charge is 0.0714 e. The minimum Gasteiger partial charge on any atom is -0.310 e. The van der Waals surface area contributed by atoms with Crippen LogP contribution in [-0.4, -0.2) is 0 Å². The molecule has 1 heterocycles. The minimum atomic E-state index is -0.408. The number of para-hydroxylation sites is 2. The fourth-order valence-corrected chi connectivity index (χ4v) is 9.51. The topological polar surface area (TPSA) is 3.24 Å². The Bertz CT molecular complexity index is 2650. The lowest BCUT2D eigenvalue weighted by Crippen LogP contribution is -2.28. The number of fused-ring (bicyclic) bond motifs is 6. The highest BCUT2D eigenvalue weighted by Crippen LogP contribution is 2.56. The van der Waals surface area contributed by atoms with Crippen molar-refractivity contribution in [1.82, 2.24) is 0 Å². The fraction of sp³-hybridized carbons (Fsp3) is 0.0204. The molecule has 8 aromatic carbocycles. The van der Waals surface area contributed by atoms with E-state index in [-0.39, 0.29) is 0 Å². The van der Waals surface area contributed by atoms with Gasteiger partial charge in [0, 0.05) is 37.1 Å². The van der Waals surface area contributed by atoms with E-state index >= 15 is 0 Å². The first kappa shape index (κ1) is 29.7. The van der Waals surface area contributed by atoms with Gasteiger partial charge in [-0.25, -0.2) is 0 Å². The monoisotopic (exact) mass is 667 g/mol. The summed E-state index contributed by atoms with van der Waals surface area (Å²) in [6.07, 6.45) is 0. The van der Waals surface area contributed by atoms with Gasteiger partial charge >= 0.3 is 0 Å². The van der Waals surface area contributed by atoms with E-state index in [9.17, 15) is 0 Å². The van der Waals surface area contributed by atoms with Crippen LogP contribution < -0.4 is 4.90 Å². The third kappa shape index (κ3) is 4.61. The van der Waals surface area contributed by atoms with E-state index in [4.69, 9.17) is 0 Å². The predicted octanol–water partition coefficient (Wildman–Crippen LogP) is 13.6. The Labute approximate surface area is 302 Å². The summed E-state index contributed by atoms with van der Waals surface area (Å²) >= 11 is 1.88. The van der Waals surface area contributed by atoms with Crippen molar-refractivity contribution in [2.75, 3.05) is 4.90 Å². The second kappa shape index (κ2) is 12.0. The zero-order chi connectivity index (χ0) is 33.8. The zero-order valence-electron chi connectivity index (χ0n) is 27.9. The molecule has 1 aliphatic rings. The molecule has 1 nitrogen and oxygen atoms in total. The van der Waals surface area contributed by atoms with Crippen LogP contribution in [0.5, 0.6) is 0 Å². The largest absolute Gasteiger partial charge is 0.310 e. The van der Waals surface area contributed by atoms with E-state index < -0.39 is 5.41 Å². The standard InChI is InChI=1S/C49H33NS/c1-4-16-34(17-5-1)39-22-12-15-27-46(39)50(37-20-8-3-9-21-37)38-29-31-47-43(33-38)42-30-28-36(32-48(42)51-47)49(35-18-6-2-7-19-35)44-25-13-10-23-40(44)41-24-11-14-26-45(41)49/h1-33H. The Hall–Kier alpha value is -6.22. The van der Waals surface area contributed by atoms with Gasteiger partial charge in [0.1, 0.15) is 0 Å². The van der Waals surface area contributed by atoms with Crippen molar-refractivity contribution in [1.29, 1.82) is 0 Å². The van der Waals surface area contributed by atoms with Crippen molar-refractivity contribution in [2.24, 2.45) is 0 Å². The molecule has 0 saturated heterocycles. The van der Waals surface area contributed by atoms with Crippen molar-refractivity contribution in [3.8, 4) is 22.3 Å². The van der Waals surface area contributed by atoms with Crippen LogP contribution in [0.1, 0.15) is 22.3 Å². The van der Waals surface area contributed by atoms with Gasteiger partial charge < -0.3 is 4.90 Å². The third-order valence-electron chi connectivity index (χ3n) is 10.5.